The molecule has 0 unspecified atom stereocenters. The molecule has 0 aliphatic rings. The number of nitrogens with one attached hydrogen (secondary N) is 1. The Balaban J connectivity index is 3.38. The normalized spacial score (nSPS) is 11.9. The molecule has 2 N–H and O–H groups in total. The second-order valence-corrected chi connectivity index (χ2v) is 5.80. The Morgan fingerprint density at radius 3 is 2.13 bits per heavy atom. The van der Waals surface area contributed by atoms with Gasteiger partial charge in [-0.3, -0.25) is 4.79 Å². The number of amides is 1. The van der Waals surface area contributed by atoms with Crippen LogP contribution >= 0.6 is 0 Å². The first-order valence-corrected chi connectivity index (χ1v) is 9.19. The van der Waals surface area contributed by atoms with Crippen molar-refractivity contribution in [3.8, 4) is 0 Å². The highest BCUT2D eigenvalue weighted by Gasteiger charge is 1.91. The molecular weight excluding hydrogens is 286 g/mol. The van der Waals surface area contributed by atoms with E-state index in [0.29, 0.717) is 6.54 Å². The zero-order valence-corrected chi connectivity index (χ0v) is 14.8. The first-order valence-electron chi connectivity index (χ1n) is 9.19. The largest absolute Gasteiger partial charge is 0.395 e. The van der Waals surface area contributed by atoms with Crippen molar-refractivity contribution in [1.82, 2.24) is 5.32 Å². The Morgan fingerprint density at radius 1 is 0.870 bits per heavy atom. The van der Waals surface area contributed by atoms with Crippen LogP contribution in [0.4, 0.5) is 0 Å². The van der Waals surface area contributed by atoms with E-state index in [1.165, 1.54) is 63.9 Å². The summed E-state index contributed by atoms with van der Waals surface area (Å²) < 4.78 is 0. The predicted octanol–water partition coefficient (Wildman–Crippen LogP) is 4.68. The summed E-state index contributed by atoms with van der Waals surface area (Å²) in [7, 11) is 0. The van der Waals surface area contributed by atoms with Gasteiger partial charge in [0.2, 0.25) is 5.91 Å². The quantitative estimate of drug-likeness (QED) is 0.261. The van der Waals surface area contributed by atoms with Gasteiger partial charge < -0.3 is 10.4 Å². The maximum atomic E-state index is 11.2. The summed E-state index contributed by atoms with van der Waals surface area (Å²) in [5, 5.41) is 11.1. The highest BCUT2D eigenvalue weighted by atomic mass is 16.3. The van der Waals surface area contributed by atoms with Crippen molar-refractivity contribution in [3.05, 3.63) is 36.5 Å². The van der Waals surface area contributed by atoms with Gasteiger partial charge in [0.25, 0.3) is 0 Å². The number of carbonyl (C=O) groups is 1. The molecule has 0 aliphatic heterocycles. The molecule has 0 aromatic rings. The lowest BCUT2D eigenvalue weighted by Crippen LogP contribution is -2.24. The van der Waals surface area contributed by atoms with Crippen molar-refractivity contribution >= 4 is 5.91 Å². The molecule has 0 saturated heterocycles. The molecule has 23 heavy (non-hydrogen) atoms. The number of allylic oxidation sites excluding steroid dienone is 5. The molecule has 0 aliphatic carbocycles. The number of aliphatic hydroxyl groups is 1. The molecule has 132 valence electrons. The molecule has 0 aromatic heterocycles. The van der Waals surface area contributed by atoms with Gasteiger partial charge >= 0.3 is 0 Å². The SMILES string of the molecule is CCCCCCCCCCC\C=C/C=C/C=C/C(=O)NCCO. The Kier molecular flexibility index (Phi) is 17.6. The maximum absolute atomic E-state index is 11.2. The van der Waals surface area contributed by atoms with Gasteiger partial charge in [-0.1, -0.05) is 88.7 Å². The Labute approximate surface area is 142 Å². The van der Waals surface area contributed by atoms with Crippen LogP contribution in [0.15, 0.2) is 36.5 Å². The second kappa shape index (κ2) is 18.7. The minimum atomic E-state index is -0.178. The molecule has 0 radical (unpaired) electrons. The van der Waals surface area contributed by atoms with Crippen LogP contribution in [0.3, 0.4) is 0 Å². The number of hydrogen-bond acceptors (Lipinski definition) is 2. The van der Waals surface area contributed by atoms with Crippen molar-refractivity contribution in [1.29, 1.82) is 0 Å². The lowest BCUT2D eigenvalue weighted by Gasteiger charge is -2.00. The first-order chi connectivity index (χ1) is 11.3. The van der Waals surface area contributed by atoms with Crippen LogP contribution in [0, 0.1) is 0 Å². The highest BCUT2D eigenvalue weighted by molar-refractivity contribution is 5.87. The summed E-state index contributed by atoms with van der Waals surface area (Å²) in [6.45, 7) is 2.53. The highest BCUT2D eigenvalue weighted by Crippen LogP contribution is 2.10. The van der Waals surface area contributed by atoms with E-state index in [-0.39, 0.29) is 12.5 Å². The molecule has 3 nitrogen and oxygen atoms in total. The number of unbranched alkanes of at least 4 members (excludes halogenated alkanes) is 9. The lowest BCUT2D eigenvalue weighted by atomic mass is 10.1. The Bertz CT molecular complexity index is 346. The maximum Gasteiger partial charge on any atom is 0.244 e. The number of rotatable bonds is 15. The van der Waals surface area contributed by atoms with Gasteiger partial charge in [-0.05, 0) is 12.8 Å². The van der Waals surface area contributed by atoms with Crippen molar-refractivity contribution in [3.63, 3.8) is 0 Å². The van der Waals surface area contributed by atoms with Crippen LogP contribution in [-0.4, -0.2) is 24.2 Å². The molecule has 0 rings (SSSR count). The summed E-state index contributed by atoms with van der Waals surface area (Å²) in [5.74, 6) is -0.178. The average Bonchev–Trinajstić information content (AvgIpc) is 2.56. The van der Waals surface area contributed by atoms with E-state index in [2.05, 4.69) is 18.3 Å². The summed E-state index contributed by atoms with van der Waals surface area (Å²) in [5.41, 5.74) is 0. The molecule has 0 saturated carbocycles. The van der Waals surface area contributed by atoms with E-state index < -0.39 is 0 Å². The number of aliphatic hydroxyl groups excluding tert-OH is 1. The summed E-state index contributed by atoms with van der Waals surface area (Å²) in [6.07, 6.45) is 24.5. The summed E-state index contributed by atoms with van der Waals surface area (Å²) in [6, 6.07) is 0. The topological polar surface area (TPSA) is 49.3 Å². The van der Waals surface area contributed by atoms with Gasteiger partial charge in [0, 0.05) is 12.6 Å². The summed E-state index contributed by atoms with van der Waals surface area (Å²) in [4.78, 5) is 11.2. The van der Waals surface area contributed by atoms with Crippen LogP contribution in [0.25, 0.3) is 0 Å². The Hall–Kier alpha value is -1.35. The second-order valence-electron chi connectivity index (χ2n) is 5.80. The van der Waals surface area contributed by atoms with Crippen LogP contribution in [-0.2, 0) is 4.79 Å². The van der Waals surface area contributed by atoms with Gasteiger partial charge in [-0.25, -0.2) is 0 Å². The van der Waals surface area contributed by atoms with Crippen molar-refractivity contribution in [2.24, 2.45) is 0 Å². The van der Waals surface area contributed by atoms with Gasteiger partial charge in [-0.2, -0.15) is 0 Å². The molecule has 0 aromatic carbocycles. The predicted molar refractivity (Wildman–Crippen MR) is 99.4 cm³/mol. The molecule has 0 fully saturated rings. The van der Waals surface area contributed by atoms with Gasteiger partial charge in [0.05, 0.1) is 6.61 Å². The first kappa shape index (κ1) is 21.6. The Morgan fingerprint density at radius 2 is 1.48 bits per heavy atom. The van der Waals surface area contributed by atoms with E-state index in [0.717, 1.165) is 6.42 Å². The molecule has 0 atom stereocenters. The average molecular weight is 322 g/mol. The van der Waals surface area contributed by atoms with E-state index in [4.69, 9.17) is 5.11 Å². The van der Waals surface area contributed by atoms with Crippen LogP contribution in [0.1, 0.15) is 71.1 Å². The third-order valence-corrected chi connectivity index (χ3v) is 3.60. The zero-order valence-electron chi connectivity index (χ0n) is 14.8. The minimum Gasteiger partial charge on any atom is -0.395 e. The van der Waals surface area contributed by atoms with E-state index in [1.54, 1.807) is 6.08 Å². The number of hydrogen-bond donors (Lipinski definition) is 2. The zero-order chi connectivity index (χ0) is 17.0. The molecule has 3 heteroatoms. The van der Waals surface area contributed by atoms with Crippen molar-refractivity contribution < 1.29 is 9.90 Å². The van der Waals surface area contributed by atoms with Gasteiger partial charge in [0.1, 0.15) is 0 Å². The molecule has 0 heterocycles. The van der Waals surface area contributed by atoms with Crippen LogP contribution < -0.4 is 5.32 Å². The van der Waals surface area contributed by atoms with E-state index >= 15 is 0 Å². The fraction of sp³-hybridized carbons (Fsp3) is 0.650. The summed E-state index contributed by atoms with van der Waals surface area (Å²) >= 11 is 0. The van der Waals surface area contributed by atoms with Gasteiger partial charge in [0.15, 0.2) is 0 Å². The minimum absolute atomic E-state index is 0.0307. The third-order valence-electron chi connectivity index (χ3n) is 3.60. The lowest BCUT2D eigenvalue weighted by molar-refractivity contribution is -0.116. The van der Waals surface area contributed by atoms with Crippen molar-refractivity contribution in [2.45, 2.75) is 71.1 Å². The molecule has 0 spiro atoms. The molecule has 0 bridgehead atoms. The standard InChI is InChI=1S/C20H35NO2/c1-2-3-4-5-6-7-8-9-10-11-12-13-14-15-16-17-20(23)21-18-19-22/h12-17,22H,2-11,18-19H2,1H3,(H,21,23)/b13-12-,15-14+,17-16+. The van der Waals surface area contributed by atoms with E-state index in [9.17, 15) is 4.79 Å². The fourth-order valence-electron chi connectivity index (χ4n) is 2.26. The van der Waals surface area contributed by atoms with Crippen LogP contribution in [0.5, 0.6) is 0 Å². The molecular formula is C20H35NO2. The van der Waals surface area contributed by atoms with Crippen molar-refractivity contribution in [2.75, 3.05) is 13.2 Å². The number of carbonyl (C=O) groups excluding carboxylic acids is 1. The van der Waals surface area contributed by atoms with Crippen LogP contribution in [0.2, 0.25) is 0 Å². The molecule has 1 amide bonds. The smallest absolute Gasteiger partial charge is 0.244 e. The van der Waals surface area contributed by atoms with E-state index in [1.807, 2.05) is 18.2 Å². The fourth-order valence-corrected chi connectivity index (χ4v) is 2.26. The van der Waals surface area contributed by atoms with Gasteiger partial charge in [-0.15, -0.1) is 0 Å². The third kappa shape index (κ3) is 18.6. The monoisotopic (exact) mass is 321 g/mol.